The molecule has 0 saturated carbocycles. The summed E-state index contributed by atoms with van der Waals surface area (Å²) in [4.78, 5) is 34.6. The molecule has 0 N–H and O–H groups in total. The van der Waals surface area contributed by atoms with Crippen LogP contribution >= 0.6 is 0 Å². The Morgan fingerprint density at radius 3 is 2.49 bits per heavy atom. The first-order valence-corrected chi connectivity index (χ1v) is 11.6. The fraction of sp³-hybridized carbons (Fsp3) is 0.400. The van der Waals surface area contributed by atoms with Crippen molar-refractivity contribution in [1.29, 1.82) is 0 Å². The summed E-state index contributed by atoms with van der Waals surface area (Å²) < 4.78 is 30.3. The number of pyridine rings is 1. The predicted molar refractivity (Wildman–Crippen MR) is 123 cm³/mol. The van der Waals surface area contributed by atoms with Crippen molar-refractivity contribution in [1.82, 2.24) is 20.1 Å². The van der Waals surface area contributed by atoms with Crippen LogP contribution in [0.15, 0.2) is 40.9 Å². The summed E-state index contributed by atoms with van der Waals surface area (Å²) in [5.74, 6) is -1.50. The lowest BCUT2D eigenvalue weighted by molar-refractivity contribution is -0.134. The number of hydrogen-bond donors (Lipinski definition) is 0. The zero-order chi connectivity index (χ0) is 24.7. The highest BCUT2D eigenvalue weighted by Crippen LogP contribution is 2.38. The Morgan fingerprint density at radius 2 is 1.83 bits per heavy atom. The van der Waals surface area contributed by atoms with Gasteiger partial charge in [0.1, 0.15) is 0 Å². The van der Waals surface area contributed by atoms with Crippen LogP contribution in [0.4, 0.5) is 14.5 Å². The van der Waals surface area contributed by atoms with E-state index in [0.29, 0.717) is 16.8 Å². The minimum atomic E-state index is -2.86. The van der Waals surface area contributed by atoms with E-state index in [2.05, 4.69) is 20.1 Å². The van der Waals surface area contributed by atoms with E-state index in [9.17, 15) is 18.4 Å². The minimum Gasteiger partial charge on any atom is -0.415 e. The molecule has 10 heteroatoms. The quantitative estimate of drug-likeness (QED) is 0.495. The van der Waals surface area contributed by atoms with E-state index in [4.69, 9.17) is 4.42 Å². The van der Waals surface area contributed by atoms with Crippen LogP contribution in [-0.4, -0.2) is 45.0 Å². The lowest BCUT2D eigenvalue weighted by atomic mass is 9.77. The molecule has 1 saturated heterocycles. The van der Waals surface area contributed by atoms with E-state index in [1.807, 2.05) is 32.0 Å². The Kier molecular flexibility index (Phi) is 5.82. The summed E-state index contributed by atoms with van der Waals surface area (Å²) in [5.41, 5.74) is 2.23. The number of nitrogens with zero attached hydrogens (tertiary/aromatic N) is 5. The number of imide groups is 1. The minimum absolute atomic E-state index is 0.0131. The zero-order valence-electron chi connectivity index (χ0n) is 19.5. The number of amides is 2. The monoisotopic (exact) mass is 481 g/mol. The number of piperidine rings is 1. The molecule has 0 radical (unpaired) electrons. The van der Waals surface area contributed by atoms with E-state index in [1.165, 1.54) is 17.5 Å². The number of alkyl halides is 2. The maximum Gasteiger partial charge on any atom is 0.314 e. The number of hydrogen-bond acceptors (Lipinski definition) is 7. The zero-order valence-corrected chi connectivity index (χ0v) is 19.5. The predicted octanol–water partition coefficient (Wildman–Crippen LogP) is 4.52. The highest BCUT2D eigenvalue weighted by molar-refractivity contribution is 6.13. The number of anilines is 1. The maximum absolute atomic E-state index is 13.4. The molecule has 182 valence electrons. The Balaban J connectivity index is 1.38. The lowest BCUT2D eigenvalue weighted by Gasteiger charge is -2.38. The first-order chi connectivity index (χ1) is 16.8. The van der Waals surface area contributed by atoms with Gasteiger partial charge in [-0.2, -0.15) is 8.78 Å². The second kappa shape index (κ2) is 8.83. The molecule has 0 spiro atoms. The summed E-state index contributed by atoms with van der Waals surface area (Å²) in [6, 6.07) is 8.93. The molecule has 2 aliphatic rings. The standard InChI is InChI=1S/C25H25F2N5O3/c1-25(2)19-12-17(31-10-4-3-5-11-31)8-9-18(19)23(33)32(24(25)34)14-16-7-6-15(13-28-16)21-29-30-22(35-21)20(26)27/h6-9,12-13,20H,3-5,10-11,14H2,1-2H3. The van der Waals surface area contributed by atoms with Gasteiger partial charge in [-0.15, -0.1) is 10.2 Å². The van der Waals surface area contributed by atoms with Crippen molar-refractivity contribution in [3.05, 3.63) is 59.2 Å². The first-order valence-electron chi connectivity index (χ1n) is 11.6. The van der Waals surface area contributed by atoms with Crippen LogP contribution in [-0.2, 0) is 16.8 Å². The highest BCUT2D eigenvalue weighted by atomic mass is 19.3. The van der Waals surface area contributed by atoms with Gasteiger partial charge in [-0.1, -0.05) is 0 Å². The molecule has 5 rings (SSSR count). The normalized spacial score (nSPS) is 17.7. The van der Waals surface area contributed by atoms with Crippen molar-refractivity contribution in [2.75, 3.05) is 18.0 Å². The third kappa shape index (κ3) is 4.17. The summed E-state index contributed by atoms with van der Waals surface area (Å²) in [7, 11) is 0. The molecule has 2 aliphatic heterocycles. The van der Waals surface area contributed by atoms with Gasteiger partial charge in [-0.3, -0.25) is 19.5 Å². The number of fused-ring (bicyclic) bond motifs is 1. The molecule has 2 amide bonds. The number of carbonyl (C=O) groups is 2. The summed E-state index contributed by atoms with van der Waals surface area (Å²) in [6.45, 7) is 5.60. The Hall–Kier alpha value is -3.69. The third-order valence-corrected chi connectivity index (χ3v) is 6.67. The van der Waals surface area contributed by atoms with Gasteiger partial charge in [-0.25, -0.2) is 0 Å². The second-order valence-electron chi connectivity index (χ2n) is 9.38. The van der Waals surface area contributed by atoms with Crippen molar-refractivity contribution in [3.8, 4) is 11.5 Å². The molecule has 2 aromatic heterocycles. The van der Waals surface area contributed by atoms with E-state index in [1.54, 1.807) is 12.1 Å². The molecular formula is C25H25F2N5O3. The first kappa shape index (κ1) is 23.1. The van der Waals surface area contributed by atoms with Crippen molar-refractivity contribution in [2.45, 2.75) is 51.5 Å². The average Bonchev–Trinajstić information content (AvgIpc) is 3.37. The molecule has 1 aromatic carbocycles. The number of rotatable bonds is 5. The number of halogens is 2. The van der Waals surface area contributed by atoms with E-state index >= 15 is 0 Å². The molecule has 1 fully saturated rings. The van der Waals surface area contributed by atoms with Crippen LogP contribution in [0.5, 0.6) is 0 Å². The molecule has 35 heavy (non-hydrogen) atoms. The largest absolute Gasteiger partial charge is 0.415 e. The molecule has 0 unspecified atom stereocenters. The number of benzene rings is 1. The summed E-state index contributed by atoms with van der Waals surface area (Å²) >= 11 is 0. The Bertz CT molecular complexity index is 1270. The van der Waals surface area contributed by atoms with Crippen molar-refractivity contribution < 1.29 is 22.8 Å². The summed E-state index contributed by atoms with van der Waals surface area (Å²) in [6.07, 6.45) is 2.03. The van der Waals surface area contributed by atoms with Gasteiger partial charge in [-0.05, 0) is 69.0 Å². The molecule has 0 bridgehead atoms. The highest BCUT2D eigenvalue weighted by Gasteiger charge is 2.44. The van der Waals surface area contributed by atoms with Crippen molar-refractivity contribution >= 4 is 17.5 Å². The van der Waals surface area contributed by atoms with E-state index in [0.717, 1.165) is 37.2 Å². The molecule has 0 aliphatic carbocycles. The van der Waals surface area contributed by atoms with Crippen molar-refractivity contribution in [3.63, 3.8) is 0 Å². The van der Waals surface area contributed by atoms with Crippen molar-refractivity contribution in [2.24, 2.45) is 0 Å². The van der Waals surface area contributed by atoms with Gasteiger partial charge in [0, 0.05) is 30.5 Å². The van der Waals surface area contributed by atoms with E-state index < -0.39 is 17.7 Å². The molecule has 4 heterocycles. The molecular weight excluding hydrogens is 456 g/mol. The van der Waals surface area contributed by atoms with Gasteiger partial charge >= 0.3 is 6.43 Å². The van der Waals surface area contributed by atoms with Gasteiger partial charge in [0.25, 0.3) is 11.8 Å². The van der Waals surface area contributed by atoms with Gasteiger partial charge in [0.2, 0.25) is 11.8 Å². The Labute approximate surface area is 201 Å². The van der Waals surface area contributed by atoms with Gasteiger partial charge in [0.05, 0.1) is 23.2 Å². The number of carbonyl (C=O) groups excluding carboxylic acids is 2. The van der Waals surface area contributed by atoms with Crippen LogP contribution in [0.2, 0.25) is 0 Å². The SMILES string of the molecule is CC1(C)C(=O)N(Cc2ccc(-c3nnc(C(F)F)o3)cn2)C(=O)c2ccc(N3CCCCC3)cc21. The average molecular weight is 482 g/mol. The van der Waals surface area contributed by atoms with Crippen LogP contribution in [0, 0.1) is 0 Å². The topological polar surface area (TPSA) is 92.4 Å². The van der Waals surface area contributed by atoms with Crippen LogP contribution < -0.4 is 4.90 Å². The smallest absolute Gasteiger partial charge is 0.314 e. The van der Waals surface area contributed by atoms with E-state index in [-0.39, 0.29) is 24.2 Å². The van der Waals surface area contributed by atoms with Crippen LogP contribution in [0.25, 0.3) is 11.5 Å². The molecule has 8 nitrogen and oxygen atoms in total. The summed E-state index contributed by atoms with van der Waals surface area (Å²) in [5, 5.41) is 6.91. The fourth-order valence-corrected chi connectivity index (χ4v) is 4.66. The van der Waals surface area contributed by atoms with Crippen LogP contribution in [0.3, 0.4) is 0 Å². The fourth-order valence-electron chi connectivity index (χ4n) is 4.66. The third-order valence-electron chi connectivity index (χ3n) is 6.67. The molecule has 3 aromatic rings. The second-order valence-corrected chi connectivity index (χ2v) is 9.38. The van der Waals surface area contributed by atoms with Gasteiger partial charge < -0.3 is 9.32 Å². The van der Waals surface area contributed by atoms with Gasteiger partial charge in [0.15, 0.2) is 0 Å². The lowest BCUT2D eigenvalue weighted by Crippen LogP contribution is -2.51. The number of aromatic nitrogens is 3. The van der Waals surface area contributed by atoms with Crippen LogP contribution in [0.1, 0.15) is 67.0 Å². The maximum atomic E-state index is 13.4. The Morgan fingerprint density at radius 1 is 1.06 bits per heavy atom. The molecule has 0 atom stereocenters.